The van der Waals surface area contributed by atoms with E-state index in [0.717, 1.165) is 5.56 Å². The van der Waals surface area contributed by atoms with Crippen LogP contribution in [0.4, 0.5) is 4.79 Å². The van der Waals surface area contributed by atoms with Crippen LogP contribution in [0, 0.1) is 0 Å². The molecule has 1 N–H and O–H groups in total. The molecule has 0 radical (unpaired) electrons. The Balaban J connectivity index is 2.11. The van der Waals surface area contributed by atoms with Gasteiger partial charge >= 0.3 is 6.09 Å². The predicted molar refractivity (Wildman–Crippen MR) is 90.7 cm³/mol. The number of ether oxygens (including phenoxy) is 1. The summed E-state index contributed by atoms with van der Waals surface area (Å²) in [7, 11) is -1.87. The number of benzene rings is 1. The number of hydrogen-bond donors (Lipinski definition) is 1. The number of nitrogens with one attached hydrogen (secondary N) is 1. The van der Waals surface area contributed by atoms with Gasteiger partial charge in [0.1, 0.15) is 0 Å². The van der Waals surface area contributed by atoms with E-state index in [0.29, 0.717) is 11.6 Å². The Hall–Kier alpha value is -1.04. The first-order valence-electron chi connectivity index (χ1n) is 7.47. The van der Waals surface area contributed by atoms with Gasteiger partial charge < -0.3 is 14.5 Å². The molecule has 22 heavy (non-hydrogen) atoms. The third kappa shape index (κ3) is 3.83. The lowest BCUT2D eigenvalue weighted by Crippen LogP contribution is -2.45. The Labute approximate surface area is 138 Å². The molecule has 0 aliphatic carbocycles. The fourth-order valence-electron chi connectivity index (χ4n) is 2.09. The van der Waals surface area contributed by atoms with Crippen molar-refractivity contribution in [3.05, 3.63) is 34.9 Å². The molecule has 1 amide bonds. The molecule has 1 heterocycles. The van der Waals surface area contributed by atoms with Crippen LogP contribution in [-0.4, -0.2) is 27.1 Å². The summed E-state index contributed by atoms with van der Waals surface area (Å²) < 4.78 is 11.6. The molecule has 1 aliphatic rings. The SMILES string of the molecule is CC(C)(C)[Si](C)(C)OCC1NC(=O)O[C@@H]1c1cccc(Cl)c1. The average Bonchev–Trinajstić information content (AvgIpc) is 2.76. The smallest absolute Gasteiger partial charge is 0.408 e. The summed E-state index contributed by atoms with van der Waals surface area (Å²) in [4.78, 5) is 11.6. The van der Waals surface area contributed by atoms with Crippen molar-refractivity contribution in [2.24, 2.45) is 0 Å². The zero-order chi connectivity index (χ0) is 16.5. The monoisotopic (exact) mass is 341 g/mol. The van der Waals surface area contributed by atoms with Gasteiger partial charge in [0.05, 0.1) is 12.6 Å². The van der Waals surface area contributed by atoms with Gasteiger partial charge in [0, 0.05) is 5.02 Å². The highest BCUT2D eigenvalue weighted by atomic mass is 35.5. The number of carbonyl (C=O) groups is 1. The number of halogens is 1. The molecule has 1 unspecified atom stereocenters. The van der Waals surface area contributed by atoms with Crippen LogP contribution in [0.25, 0.3) is 0 Å². The number of rotatable bonds is 4. The van der Waals surface area contributed by atoms with Gasteiger partial charge in [-0.2, -0.15) is 0 Å². The van der Waals surface area contributed by atoms with Gasteiger partial charge in [-0.25, -0.2) is 4.79 Å². The topological polar surface area (TPSA) is 47.6 Å². The molecule has 0 saturated carbocycles. The maximum atomic E-state index is 11.6. The molecule has 2 atom stereocenters. The van der Waals surface area contributed by atoms with E-state index >= 15 is 0 Å². The molecule has 6 heteroatoms. The normalized spacial score (nSPS) is 22.4. The molecule has 2 rings (SSSR count). The molecule has 1 fully saturated rings. The number of hydrogen-bond acceptors (Lipinski definition) is 3. The Bertz CT molecular complexity index is 557. The van der Waals surface area contributed by atoms with Gasteiger partial charge in [-0.05, 0) is 35.8 Å². The van der Waals surface area contributed by atoms with Crippen LogP contribution in [0.3, 0.4) is 0 Å². The highest BCUT2D eigenvalue weighted by molar-refractivity contribution is 6.74. The fourth-order valence-corrected chi connectivity index (χ4v) is 3.31. The molecule has 1 aromatic rings. The van der Waals surface area contributed by atoms with E-state index < -0.39 is 14.4 Å². The first-order valence-corrected chi connectivity index (χ1v) is 10.8. The predicted octanol–water partition coefficient (Wildman–Crippen LogP) is 4.51. The third-order valence-electron chi connectivity index (χ3n) is 4.51. The van der Waals surface area contributed by atoms with Crippen molar-refractivity contribution in [1.29, 1.82) is 0 Å². The summed E-state index contributed by atoms with van der Waals surface area (Å²) in [5, 5.41) is 3.60. The summed E-state index contributed by atoms with van der Waals surface area (Å²) >= 11 is 6.03. The molecule has 1 aromatic carbocycles. The van der Waals surface area contributed by atoms with E-state index in [-0.39, 0.29) is 17.2 Å². The van der Waals surface area contributed by atoms with Crippen LogP contribution >= 0.6 is 11.6 Å². The summed E-state index contributed by atoms with van der Waals surface area (Å²) in [6.07, 6.45) is -0.773. The Morgan fingerprint density at radius 3 is 2.64 bits per heavy atom. The molecule has 122 valence electrons. The van der Waals surface area contributed by atoms with Gasteiger partial charge in [0.15, 0.2) is 14.4 Å². The maximum Gasteiger partial charge on any atom is 0.408 e. The van der Waals surface area contributed by atoms with Crippen molar-refractivity contribution in [2.75, 3.05) is 6.61 Å². The molecular weight excluding hydrogens is 318 g/mol. The first-order chi connectivity index (χ1) is 10.1. The lowest BCUT2D eigenvalue weighted by atomic mass is 10.0. The minimum absolute atomic E-state index is 0.127. The number of cyclic esters (lactones) is 1. The lowest BCUT2D eigenvalue weighted by molar-refractivity contribution is 0.120. The van der Waals surface area contributed by atoms with Crippen molar-refractivity contribution in [2.45, 2.75) is 51.0 Å². The molecule has 0 spiro atoms. The highest BCUT2D eigenvalue weighted by Crippen LogP contribution is 2.37. The largest absolute Gasteiger partial charge is 0.439 e. The standard InChI is InChI=1S/C16H24ClNO3Si/c1-16(2,3)22(4,5)20-10-13-14(21-15(19)18-13)11-7-6-8-12(17)9-11/h6-9,13-14H,10H2,1-5H3,(H,18,19)/t13?,14-/m1/s1. The number of carbonyl (C=O) groups excluding carboxylic acids is 1. The second-order valence-electron chi connectivity index (χ2n) is 7.20. The van der Waals surface area contributed by atoms with E-state index in [4.69, 9.17) is 20.8 Å². The number of alkyl carbamates (subject to hydrolysis) is 1. The first kappa shape index (κ1) is 17.3. The molecule has 1 aliphatic heterocycles. The second-order valence-corrected chi connectivity index (χ2v) is 12.4. The second kappa shape index (κ2) is 6.22. The quantitative estimate of drug-likeness (QED) is 0.819. The highest BCUT2D eigenvalue weighted by Gasteiger charge is 2.41. The lowest BCUT2D eigenvalue weighted by Gasteiger charge is -2.37. The average molecular weight is 342 g/mol. The van der Waals surface area contributed by atoms with E-state index in [9.17, 15) is 4.79 Å². The van der Waals surface area contributed by atoms with Gasteiger partial charge in [-0.1, -0.05) is 44.5 Å². The zero-order valence-corrected chi connectivity index (χ0v) is 15.5. The van der Waals surface area contributed by atoms with Crippen LogP contribution in [0.15, 0.2) is 24.3 Å². The fraction of sp³-hybridized carbons (Fsp3) is 0.562. The van der Waals surface area contributed by atoms with Gasteiger partial charge in [0.2, 0.25) is 0 Å². The van der Waals surface area contributed by atoms with E-state index in [1.165, 1.54) is 0 Å². The van der Waals surface area contributed by atoms with Crippen LogP contribution in [0.1, 0.15) is 32.4 Å². The summed E-state index contributed by atoms with van der Waals surface area (Å²) in [6, 6.07) is 7.20. The molecule has 0 aromatic heterocycles. The minimum Gasteiger partial charge on any atom is -0.439 e. The zero-order valence-electron chi connectivity index (χ0n) is 13.8. The van der Waals surface area contributed by atoms with Gasteiger partial charge in [0.25, 0.3) is 0 Å². The minimum atomic E-state index is -1.87. The van der Waals surface area contributed by atoms with Crippen molar-refractivity contribution < 1.29 is 14.0 Å². The van der Waals surface area contributed by atoms with Crippen LogP contribution in [-0.2, 0) is 9.16 Å². The van der Waals surface area contributed by atoms with Crippen LogP contribution < -0.4 is 5.32 Å². The molecule has 0 bridgehead atoms. The van der Waals surface area contributed by atoms with E-state index in [2.05, 4.69) is 39.2 Å². The summed E-state index contributed by atoms with van der Waals surface area (Å²) in [6.45, 7) is 11.4. The van der Waals surface area contributed by atoms with Crippen molar-refractivity contribution >= 4 is 26.0 Å². The van der Waals surface area contributed by atoms with E-state index in [1.54, 1.807) is 6.07 Å². The van der Waals surface area contributed by atoms with Crippen molar-refractivity contribution in [1.82, 2.24) is 5.32 Å². The van der Waals surface area contributed by atoms with Crippen molar-refractivity contribution in [3.63, 3.8) is 0 Å². The summed E-state index contributed by atoms with van der Waals surface area (Å²) in [5.74, 6) is 0. The van der Waals surface area contributed by atoms with Crippen LogP contribution in [0.2, 0.25) is 23.2 Å². The maximum absolute atomic E-state index is 11.6. The number of amides is 1. The Morgan fingerprint density at radius 1 is 1.36 bits per heavy atom. The third-order valence-corrected chi connectivity index (χ3v) is 9.25. The molecule has 4 nitrogen and oxygen atoms in total. The van der Waals surface area contributed by atoms with E-state index in [1.807, 2.05) is 18.2 Å². The molecule has 1 saturated heterocycles. The molecular formula is C16H24ClNO3Si. The van der Waals surface area contributed by atoms with Crippen molar-refractivity contribution in [3.8, 4) is 0 Å². The van der Waals surface area contributed by atoms with Gasteiger partial charge in [-0.15, -0.1) is 0 Å². The summed E-state index contributed by atoms with van der Waals surface area (Å²) in [5.41, 5.74) is 0.884. The Morgan fingerprint density at radius 2 is 2.05 bits per heavy atom. The Kier molecular flexibility index (Phi) is 4.89. The van der Waals surface area contributed by atoms with Gasteiger partial charge in [-0.3, -0.25) is 0 Å². The van der Waals surface area contributed by atoms with Crippen LogP contribution in [0.5, 0.6) is 0 Å².